The van der Waals surface area contributed by atoms with E-state index in [4.69, 9.17) is 0 Å². The molecule has 8 aromatic rings. The lowest BCUT2D eigenvalue weighted by atomic mass is 10.0. The summed E-state index contributed by atoms with van der Waals surface area (Å²) in [5, 5.41) is 19.7. The van der Waals surface area contributed by atoms with E-state index in [0.717, 1.165) is 5.66 Å². The van der Waals surface area contributed by atoms with Crippen molar-refractivity contribution in [2.24, 2.45) is 11.8 Å². The maximum absolute atomic E-state index is 2.68. The van der Waals surface area contributed by atoms with Crippen molar-refractivity contribution in [1.82, 2.24) is 0 Å². The fraction of sp³-hybridized carbons (Fsp3) is 0.200. The molecule has 0 amide bonds. The summed E-state index contributed by atoms with van der Waals surface area (Å²) in [7, 11) is -1.91. The third-order valence-electron chi connectivity index (χ3n) is 14.3. The highest BCUT2D eigenvalue weighted by Gasteiger charge is 2.42. The summed E-state index contributed by atoms with van der Waals surface area (Å²) < 4.78 is 0. The van der Waals surface area contributed by atoms with Gasteiger partial charge in [0.25, 0.3) is 0 Å². The highest BCUT2D eigenvalue weighted by molar-refractivity contribution is 7.77. The molecule has 0 aliphatic heterocycles. The molecule has 1 saturated carbocycles. The van der Waals surface area contributed by atoms with Crippen LogP contribution in [0.5, 0.6) is 0 Å². The lowest BCUT2D eigenvalue weighted by Gasteiger charge is -2.45. The van der Waals surface area contributed by atoms with E-state index >= 15 is 0 Å². The van der Waals surface area contributed by atoms with E-state index in [9.17, 15) is 0 Å². The molecule has 0 aromatic heterocycles. The van der Waals surface area contributed by atoms with Crippen molar-refractivity contribution in [3.05, 3.63) is 217 Å². The average molecular weight is 869 g/mol. The van der Waals surface area contributed by atoms with Crippen LogP contribution in [0.25, 0.3) is 43.1 Å². The van der Waals surface area contributed by atoms with Gasteiger partial charge in [0, 0.05) is 11.8 Å². The maximum Gasteiger partial charge on any atom is 0.00969 e. The second-order valence-corrected chi connectivity index (χ2v) is 25.7. The number of allylic oxidation sites excluding steroid dienone is 8. The van der Waals surface area contributed by atoms with Crippen molar-refractivity contribution in [3.8, 4) is 0 Å². The third kappa shape index (κ3) is 8.00. The first-order chi connectivity index (χ1) is 31.1. The molecule has 4 atom stereocenters. The quantitative estimate of drug-likeness (QED) is 0.114. The Balaban J connectivity index is 0.988. The fourth-order valence-electron chi connectivity index (χ4n) is 11.2. The Morgan fingerprint density at radius 2 is 0.698 bits per heavy atom. The van der Waals surface area contributed by atoms with Crippen molar-refractivity contribution in [3.63, 3.8) is 0 Å². The summed E-state index contributed by atoms with van der Waals surface area (Å²) in [6, 6.07) is 64.9. The summed E-state index contributed by atoms with van der Waals surface area (Å²) in [6.45, 7) is 5.35. The SMILES string of the molecule is C[C@H](C1C=CC=C1P(c1ccc2ccccc2c1)c1ccc2ccccc2c1)P(C1CCCCC1)[C@H](C)C1C=CC=C1P(c1ccc2ccccc2c1)c1ccc2ccccc2c1. The van der Waals surface area contributed by atoms with Crippen molar-refractivity contribution < 1.29 is 0 Å². The van der Waals surface area contributed by atoms with Crippen LogP contribution in [0.3, 0.4) is 0 Å². The van der Waals surface area contributed by atoms with Crippen LogP contribution in [-0.4, -0.2) is 17.0 Å². The molecule has 3 aliphatic rings. The first kappa shape index (κ1) is 40.8. The van der Waals surface area contributed by atoms with Crippen LogP contribution in [-0.2, 0) is 0 Å². The van der Waals surface area contributed by atoms with E-state index in [1.807, 2.05) is 0 Å². The lowest BCUT2D eigenvalue weighted by Crippen LogP contribution is -2.31. The van der Waals surface area contributed by atoms with E-state index in [1.165, 1.54) is 96.4 Å². The van der Waals surface area contributed by atoms with E-state index in [2.05, 4.69) is 220 Å². The minimum absolute atomic E-state index is 0.378. The minimum Gasteiger partial charge on any atom is -0.0958 e. The van der Waals surface area contributed by atoms with Gasteiger partial charge >= 0.3 is 0 Å². The van der Waals surface area contributed by atoms with Crippen molar-refractivity contribution >= 4 is 88.1 Å². The van der Waals surface area contributed by atoms with Crippen LogP contribution in [0.2, 0.25) is 0 Å². The molecule has 63 heavy (non-hydrogen) atoms. The largest absolute Gasteiger partial charge is 0.0958 e. The summed E-state index contributed by atoms with van der Waals surface area (Å²) in [5.41, 5.74) is 1.89. The zero-order valence-corrected chi connectivity index (χ0v) is 39.1. The van der Waals surface area contributed by atoms with Gasteiger partial charge in [0.05, 0.1) is 0 Å². The molecule has 11 rings (SSSR count). The average Bonchev–Trinajstić information content (AvgIpc) is 4.03. The smallest absolute Gasteiger partial charge is 0.00969 e. The van der Waals surface area contributed by atoms with Gasteiger partial charge in [-0.1, -0.05) is 223 Å². The van der Waals surface area contributed by atoms with Crippen LogP contribution in [0, 0.1) is 11.8 Å². The Hall–Kier alpha value is -4.95. The molecular weight excluding hydrogens is 814 g/mol. The molecule has 1 fully saturated rings. The molecule has 0 heterocycles. The predicted octanol–water partition coefficient (Wildman–Crippen LogP) is 15.6. The van der Waals surface area contributed by atoms with E-state index in [-0.39, 0.29) is 7.92 Å². The molecule has 0 radical (unpaired) electrons. The molecule has 310 valence electrons. The number of hydrogen-bond donors (Lipinski definition) is 0. The Morgan fingerprint density at radius 3 is 1.03 bits per heavy atom. The van der Waals surface area contributed by atoms with Gasteiger partial charge in [-0.15, -0.1) is 0 Å². The van der Waals surface area contributed by atoms with Crippen LogP contribution >= 0.6 is 23.8 Å². The Morgan fingerprint density at radius 1 is 0.381 bits per heavy atom. The first-order valence-electron chi connectivity index (χ1n) is 23.2. The van der Waals surface area contributed by atoms with Crippen LogP contribution in [0.4, 0.5) is 0 Å². The molecular formula is C60H55P3. The van der Waals surface area contributed by atoms with Gasteiger partial charge in [0.1, 0.15) is 0 Å². The number of rotatable bonds is 11. The monoisotopic (exact) mass is 868 g/mol. The second-order valence-electron chi connectivity index (χ2n) is 18.0. The topological polar surface area (TPSA) is 0 Å². The minimum atomic E-state index is -0.764. The van der Waals surface area contributed by atoms with Gasteiger partial charge in [0.15, 0.2) is 0 Å². The molecule has 8 aromatic carbocycles. The van der Waals surface area contributed by atoms with Gasteiger partial charge in [-0.05, 0) is 145 Å². The molecule has 0 spiro atoms. The molecule has 0 N–H and O–H groups in total. The number of fused-ring (bicyclic) bond motifs is 4. The second kappa shape index (κ2) is 17.9. The molecule has 3 heteroatoms. The van der Waals surface area contributed by atoms with E-state index < -0.39 is 15.8 Å². The van der Waals surface area contributed by atoms with Gasteiger partial charge < -0.3 is 0 Å². The van der Waals surface area contributed by atoms with E-state index in [1.54, 1.807) is 10.6 Å². The first-order valence-corrected chi connectivity index (χ1v) is 27.4. The summed E-state index contributed by atoms with van der Waals surface area (Å²) >= 11 is 0. The van der Waals surface area contributed by atoms with Gasteiger partial charge in [-0.25, -0.2) is 0 Å². The highest BCUT2D eigenvalue weighted by Crippen LogP contribution is 2.65. The van der Waals surface area contributed by atoms with Crippen molar-refractivity contribution in [2.45, 2.75) is 62.9 Å². The van der Waals surface area contributed by atoms with Gasteiger partial charge in [-0.2, -0.15) is 0 Å². The Labute approximate surface area is 377 Å². The molecule has 0 nitrogen and oxygen atoms in total. The number of benzene rings is 8. The summed E-state index contributed by atoms with van der Waals surface area (Å²) in [6.07, 6.45) is 22.0. The Bertz CT molecular complexity index is 2730. The molecule has 3 aliphatic carbocycles. The molecule has 0 bridgehead atoms. The predicted molar refractivity (Wildman–Crippen MR) is 282 cm³/mol. The van der Waals surface area contributed by atoms with Crippen LogP contribution in [0.15, 0.2) is 217 Å². The zero-order valence-electron chi connectivity index (χ0n) is 36.4. The van der Waals surface area contributed by atoms with E-state index in [0.29, 0.717) is 23.2 Å². The summed E-state index contributed by atoms with van der Waals surface area (Å²) in [5.74, 6) is 0.815. The highest BCUT2D eigenvalue weighted by atomic mass is 31.1. The van der Waals surface area contributed by atoms with Gasteiger partial charge in [-0.3, -0.25) is 0 Å². The maximum atomic E-state index is 2.68. The Kier molecular flexibility index (Phi) is 11.6. The summed E-state index contributed by atoms with van der Waals surface area (Å²) in [4.78, 5) is 0. The standard InChI is InChI=1S/C60H55P3/c1-42(57-26-14-28-59(57)62(53-34-30-44-16-6-10-20-48(44)38-53)54-35-31-45-17-7-11-21-49(45)39-54)61(52-24-4-3-5-25-52)43(2)58-27-15-29-60(58)63(55-36-32-46-18-8-12-22-50(46)40-55)56-37-33-47-19-9-13-23-51(47)41-56/h6-23,26-43,52,57-58H,3-5,24-25H2,1-2H3/t42-,43-,57?,58?,61?/m1/s1. The van der Waals surface area contributed by atoms with Crippen LogP contribution in [0.1, 0.15) is 46.0 Å². The van der Waals surface area contributed by atoms with Crippen molar-refractivity contribution in [2.75, 3.05) is 0 Å². The normalized spacial score (nSPS) is 19.4. The fourth-order valence-corrected chi connectivity index (χ4v) is 21.1. The van der Waals surface area contributed by atoms with Crippen molar-refractivity contribution in [1.29, 1.82) is 0 Å². The third-order valence-corrected chi connectivity index (χ3v) is 23.3. The lowest BCUT2D eigenvalue weighted by molar-refractivity contribution is 0.503. The molecule has 2 unspecified atom stereocenters. The van der Waals surface area contributed by atoms with Gasteiger partial charge in [0.2, 0.25) is 0 Å². The van der Waals surface area contributed by atoms with Crippen LogP contribution < -0.4 is 21.2 Å². The molecule has 0 saturated heterocycles. The number of hydrogen-bond acceptors (Lipinski definition) is 0. The zero-order chi connectivity index (χ0) is 42.3.